The van der Waals surface area contributed by atoms with Gasteiger partial charge in [-0.25, -0.2) is 0 Å². The molecule has 2 nitrogen and oxygen atoms in total. The summed E-state index contributed by atoms with van der Waals surface area (Å²) in [5.74, 6) is 3.10. The highest BCUT2D eigenvalue weighted by atomic mass is 15.0. The molecule has 0 amide bonds. The smallest absolute Gasteiger partial charge is 0.0314 e. The molecule has 2 heteroatoms. The average molecular weight is 270 g/mol. The lowest BCUT2D eigenvalue weighted by molar-refractivity contribution is -0.0192. The molecular formula is C18H26N2. The summed E-state index contributed by atoms with van der Waals surface area (Å²) in [7, 11) is 0. The van der Waals surface area contributed by atoms with Gasteiger partial charge in [-0.15, -0.1) is 0 Å². The highest BCUT2D eigenvalue weighted by molar-refractivity contribution is 5.39. The molecule has 0 unspecified atom stereocenters. The number of hydrogen-bond acceptors (Lipinski definition) is 2. The maximum Gasteiger partial charge on any atom is 0.0314 e. The van der Waals surface area contributed by atoms with Crippen LogP contribution in [0.4, 0.5) is 5.69 Å². The third-order valence-electron chi connectivity index (χ3n) is 5.93. The third kappa shape index (κ3) is 2.35. The second kappa shape index (κ2) is 4.77. The Kier molecular flexibility index (Phi) is 3.03. The first-order valence-electron chi connectivity index (χ1n) is 8.30. The van der Waals surface area contributed by atoms with Crippen molar-refractivity contribution in [3.8, 4) is 0 Å². The molecule has 20 heavy (non-hydrogen) atoms. The maximum absolute atomic E-state index is 5.74. The Labute approximate surface area is 122 Å². The number of anilines is 1. The van der Waals surface area contributed by atoms with Gasteiger partial charge in [0.2, 0.25) is 0 Å². The molecule has 4 fully saturated rings. The molecule has 5 rings (SSSR count). The van der Waals surface area contributed by atoms with Gasteiger partial charge in [0.05, 0.1) is 0 Å². The SMILES string of the molecule is Nc1ccc(CCNC23CC4CC(CC(C4)C2)C3)cc1. The van der Waals surface area contributed by atoms with Crippen LogP contribution in [0.5, 0.6) is 0 Å². The minimum Gasteiger partial charge on any atom is -0.399 e. The molecule has 0 atom stereocenters. The summed E-state index contributed by atoms with van der Waals surface area (Å²) >= 11 is 0. The van der Waals surface area contributed by atoms with Gasteiger partial charge in [-0.1, -0.05) is 12.1 Å². The van der Waals surface area contributed by atoms with Gasteiger partial charge in [-0.2, -0.15) is 0 Å². The van der Waals surface area contributed by atoms with E-state index in [2.05, 4.69) is 17.4 Å². The summed E-state index contributed by atoms with van der Waals surface area (Å²) in [6.45, 7) is 1.12. The molecule has 0 saturated heterocycles. The van der Waals surface area contributed by atoms with Gasteiger partial charge in [0.1, 0.15) is 0 Å². The fourth-order valence-electron chi connectivity index (χ4n) is 5.48. The van der Waals surface area contributed by atoms with Crippen molar-refractivity contribution < 1.29 is 0 Å². The van der Waals surface area contributed by atoms with E-state index >= 15 is 0 Å². The van der Waals surface area contributed by atoms with E-state index in [0.717, 1.165) is 36.4 Å². The Bertz CT molecular complexity index is 441. The predicted octanol–water partition coefficient (Wildman–Crippen LogP) is 3.37. The van der Waals surface area contributed by atoms with Crippen LogP contribution < -0.4 is 11.1 Å². The number of nitrogen functional groups attached to an aromatic ring is 1. The Hall–Kier alpha value is -1.02. The van der Waals surface area contributed by atoms with Gasteiger partial charge in [0.15, 0.2) is 0 Å². The van der Waals surface area contributed by atoms with Gasteiger partial charge in [0.25, 0.3) is 0 Å². The topological polar surface area (TPSA) is 38.0 Å². The lowest BCUT2D eigenvalue weighted by Gasteiger charge is -2.57. The van der Waals surface area contributed by atoms with E-state index in [4.69, 9.17) is 5.73 Å². The van der Waals surface area contributed by atoms with E-state index in [9.17, 15) is 0 Å². The van der Waals surface area contributed by atoms with Gasteiger partial charge < -0.3 is 11.1 Å². The second-order valence-electron chi connectivity index (χ2n) is 7.62. The predicted molar refractivity (Wildman–Crippen MR) is 83.5 cm³/mol. The second-order valence-corrected chi connectivity index (χ2v) is 7.62. The lowest BCUT2D eigenvalue weighted by Crippen LogP contribution is -2.58. The van der Waals surface area contributed by atoms with E-state index in [0.29, 0.717) is 5.54 Å². The van der Waals surface area contributed by atoms with E-state index in [-0.39, 0.29) is 0 Å². The largest absolute Gasteiger partial charge is 0.399 e. The minimum absolute atomic E-state index is 0.503. The van der Waals surface area contributed by atoms with Crippen LogP contribution in [0.1, 0.15) is 44.1 Å². The Balaban J connectivity index is 1.36. The normalized spacial score (nSPS) is 38.3. The van der Waals surface area contributed by atoms with Crippen molar-refractivity contribution >= 4 is 5.69 Å². The van der Waals surface area contributed by atoms with Crippen LogP contribution in [0.15, 0.2) is 24.3 Å². The average Bonchev–Trinajstić information content (AvgIpc) is 2.39. The van der Waals surface area contributed by atoms with E-state index in [1.165, 1.54) is 44.1 Å². The summed E-state index contributed by atoms with van der Waals surface area (Å²) in [4.78, 5) is 0. The van der Waals surface area contributed by atoms with E-state index < -0.39 is 0 Å². The first-order valence-corrected chi connectivity index (χ1v) is 8.30. The standard InChI is InChI=1S/C18H26N2/c19-17-3-1-13(2-4-17)5-6-20-18-10-14-7-15(11-18)9-16(8-14)12-18/h1-4,14-16,20H,5-12,19H2. The number of benzene rings is 1. The van der Waals surface area contributed by atoms with Crippen LogP contribution in [0, 0.1) is 17.8 Å². The molecule has 0 aromatic heterocycles. The van der Waals surface area contributed by atoms with Crippen molar-refractivity contribution in [2.45, 2.75) is 50.5 Å². The molecule has 0 spiro atoms. The molecule has 4 saturated carbocycles. The van der Waals surface area contributed by atoms with Crippen molar-refractivity contribution in [3.05, 3.63) is 29.8 Å². The monoisotopic (exact) mass is 270 g/mol. The molecule has 1 aromatic carbocycles. The van der Waals surface area contributed by atoms with E-state index in [1.807, 2.05) is 12.1 Å². The van der Waals surface area contributed by atoms with Crippen LogP contribution in [0.25, 0.3) is 0 Å². The maximum atomic E-state index is 5.74. The van der Waals surface area contributed by atoms with Gasteiger partial charge >= 0.3 is 0 Å². The fraction of sp³-hybridized carbons (Fsp3) is 0.667. The van der Waals surface area contributed by atoms with Crippen LogP contribution in [-0.4, -0.2) is 12.1 Å². The third-order valence-corrected chi connectivity index (χ3v) is 5.93. The zero-order valence-electron chi connectivity index (χ0n) is 12.3. The quantitative estimate of drug-likeness (QED) is 0.823. The molecule has 1 aromatic rings. The van der Waals surface area contributed by atoms with Crippen LogP contribution in [0.3, 0.4) is 0 Å². The zero-order valence-corrected chi connectivity index (χ0v) is 12.3. The highest BCUT2D eigenvalue weighted by Gasteiger charge is 2.50. The van der Waals surface area contributed by atoms with Gasteiger partial charge in [-0.3, -0.25) is 0 Å². The first-order chi connectivity index (χ1) is 9.71. The van der Waals surface area contributed by atoms with Crippen LogP contribution >= 0.6 is 0 Å². The lowest BCUT2D eigenvalue weighted by atomic mass is 9.53. The van der Waals surface area contributed by atoms with Crippen molar-refractivity contribution in [1.29, 1.82) is 0 Å². The summed E-state index contributed by atoms with van der Waals surface area (Å²) in [6, 6.07) is 8.35. The summed E-state index contributed by atoms with van der Waals surface area (Å²) in [5.41, 5.74) is 8.51. The Morgan fingerprint density at radius 1 is 0.950 bits per heavy atom. The van der Waals surface area contributed by atoms with Crippen molar-refractivity contribution in [2.75, 3.05) is 12.3 Å². The summed E-state index contributed by atoms with van der Waals surface area (Å²) < 4.78 is 0. The van der Waals surface area contributed by atoms with Gasteiger partial charge in [-0.05, 0) is 86.9 Å². The molecule has 0 aliphatic heterocycles. The van der Waals surface area contributed by atoms with Crippen molar-refractivity contribution in [1.82, 2.24) is 5.32 Å². The zero-order chi connectivity index (χ0) is 13.6. The molecule has 3 N–H and O–H groups in total. The molecule has 0 heterocycles. The molecule has 4 aliphatic carbocycles. The number of nitrogens with one attached hydrogen (secondary N) is 1. The molecule has 108 valence electrons. The summed E-state index contributed by atoms with van der Waals surface area (Å²) in [6.07, 6.45) is 10.0. The molecule has 4 bridgehead atoms. The fourth-order valence-corrected chi connectivity index (χ4v) is 5.48. The minimum atomic E-state index is 0.503. The molecule has 4 aliphatic rings. The number of hydrogen-bond donors (Lipinski definition) is 2. The van der Waals surface area contributed by atoms with E-state index in [1.54, 1.807) is 0 Å². The van der Waals surface area contributed by atoms with Crippen molar-refractivity contribution in [3.63, 3.8) is 0 Å². The van der Waals surface area contributed by atoms with Crippen molar-refractivity contribution in [2.24, 2.45) is 17.8 Å². The molecular weight excluding hydrogens is 244 g/mol. The van der Waals surface area contributed by atoms with Crippen LogP contribution in [-0.2, 0) is 6.42 Å². The summed E-state index contributed by atoms with van der Waals surface area (Å²) in [5, 5.41) is 3.96. The number of nitrogens with two attached hydrogens (primary N) is 1. The first kappa shape index (κ1) is 12.7. The number of rotatable bonds is 4. The molecule has 0 radical (unpaired) electrons. The van der Waals surface area contributed by atoms with Gasteiger partial charge in [0, 0.05) is 11.2 Å². The Morgan fingerprint density at radius 3 is 2.05 bits per heavy atom. The highest BCUT2D eigenvalue weighted by Crippen LogP contribution is 2.55. The van der Waals surface area contributed by atoms with Crippen LogP contribution in [0.2, 0.25) is 0 Å². The Morgan fingerprint density at radius 2 is 1.50 bits per heavy atom.